The summed E-state index contributed by atoms with van der Waals surface area (Å²) >= 11 is 0. The molecule has 4 rings (SSSR count). The van der Waals surface area contributed by atoms with Crippen LogP contribution in [0.3, 0.4) is 0 Å². The first kappa shape index (κ1) is 14.3. The van der Waals surface area contributed by atoms with Crippen LogP contribution in [0, 0.1) is 0 Å². The van der Waals surface area contributed by atoms with Crippen LogP contribution < -0.4 is 5.32 Å². The number of benzene rings is 1. The molecule has 24 heavy (non-hydrogen) atoms. The third-order valence-electron chi connectivity index (χ3n) is 4.00. The molecule has 0 fully saturated rings. The number of carbonyl (C=O) groups excluding carboxylic acids is 1. The highest BCUT2D eigenvalue weighted by atomic mass is 16.3. The van der Waals surface area contributed by atoms with Gasteiger partial charge in [-0.2, -0.15) is 5.10 Å². The maximum atomic E-state index is 12.5. The number of amides is 2. The second kappa shape index (κ2) is 5.69. The fourth-order valence-electron chi connectivity index (χ4n) is 2.80. The maximum absolute atomic E-state index is 12.5. The number of nitrogens with zero attached hydrogens (tertiary/aromatic N) is 3. The number of aromatic nitrogens is 3. The van der Waals surface area contributed by atoms with Crippen LogP contribution in [0.1, 0.15) is 11.1 Å². The fourth-order valence-corrected chi connectivity index (χ4v) is 2.80. The summed E-state index contributed by atoms with van der Waals surface area (Å²) in [5, 5.41) is 19.2. The number of hydrogen-bond acceptors (Lipinski definition) is 4. The Morgan fingerprint density at radius 1 is 1.17 bits per heavy atom. The number of phenolic OH excluding ortho intramolecular Hbond substituents is 1. The minimum atomic E-state index is -0.200. The van der Waals surface area contributed by atoms with Crippen LogP contribution in [0.2, 0.25) is 0 Å². The molecule has 0 saturated carbocycles. The van der Waals surface area contributed by atoms with Crippen molar-refractivity contribution in [2.24, 2.45) is 0 Å². The minimum Gasteiger partial charge on any atom is -0.508 e. The van der Waals surface area contributed by atoms with Crippen LogP contribution in [0.4, 0.5) is 10.5 Å². The van der Waals surface area contributed by atoms with E-state index >= 15 is 0 Å². The number of hydrogen-bond donors (Lipinski definition) is 3. The van der Waals surface area contributed by atoms with Crippen molar-refractivity contribution in [2.75, 3.05) is 5.32 Å². The molecule has 2 aromatic heterocycles. The Morgan fingerprint density at radius 2 is 2.04 bits per heavy atom. The molecular formula is C17H15N5O2. The highest BCUT2D eigenvalue weighted by Crippen LogP contribution is 2.27. The quantitative estimate of drug-likeness (QED) is 0.676. The number of nitrogens with one attached hydrogen (secondary N) is 2. The zero-order valence-corrected chi connectivity index (χ0v) is 12.7. The van der Waals surface area contributed by atoms with Gasteiger partial charge in [-0.3, -0.25) is 10.1 Å². The summed E-state index contributed by atoms with van der Waals surface area (Å²) < 4.78 is 0. The highest BCUT2D eigenvalue weighted by molar-refractivity contribution is 5.90. The molecule has 0 radical (unpaired) electrons. The van der Waals surface area contributed by atoms with Crippen molar-refractivity contribution in [1.82, 2.24) is 20.1 Å². The van der Waals surface area contributed by atoms with Crippen LogP contribution in [0.15, 0.2) is 48.9 Å². The lowest BCUT2D eigenvalue weighted by molar-refractivity contribution is 0.212. The van der Waals surface area contributed by atoms with E-state index in [2.05, 4.69) is 20.5 Å². The molecule has 2 amide bonds. The standard InChI is InChI=1S/C17H15N5O2/c23-15-2-1-11-9-22(10-13(11)6-15)17(24)20-14-5-12(7-18-8-14)16-3-4-19-21-16/h1-8,23H,9-10H2,(H,19,21)(H,20,24). The van der Waals surface area contributed by atoms with E-state index in [0.717, 1.165) is 22.4 Å². The van der Waals surface area contributed by atoms with Gasteiger partial charge in [0.1, 0.15) is 5.75 Å². The number of urea groups is 1. The van der Waals surface area contributed by atoms with Crippen molar-refractivity contribution in [3.05, 3.63) is 60.0 Å². The number of H-pyrrole nitrogens is 1. The number of aromatic amines is 1. The van der Waals surface area contributed by atoms with Gasteiger partial charge in [0.2, 0.25) is 0 Å². The number of pyridine rings is 1. The van der Waals surface area contributed by atoms with Gasteiger partial charge in [-0.1, -0.05) is 6.07 Å². The molecule has 0 atom stereocenters. The predicted molar refractivity (Wildman–Crippen MR) is 88.2 cm³/mol. The molecule has 3 N–H and O–H groups in total. The zero-order chi connectivity index (χ0) is 16.5. The van der Waals surface area contributed by atoms with Crippen molar-refractivity contribution < 1.29 is 9.90 Å². The molecule has 0 aliphatic carbocycles. The van der Waals surface area contributed by atoms with Gasteiger partial charge in [0.25, 0.3) is 0 Å². The number of aromatic hydroxyl groups is 1. The summed E-state index contributed by atoms with van der Waals surface area (Å²) in [4.78, 5) is 18.3. The van der Waals surface area contributed by atoms with Crippen LogP contribution in [0.5, 0.6) is 5.75 Å². The molecule has 1 aromatic carbocycles. The summed E-state index contributed by atoms with van der Waals surface area (Å²) in [7, 11) is 0. The molecule has 3 aromatic rings. The van der Waals surface area contributed by atoms with Crippen LogP contribution in [-0.4, -0.2) is 31.2 Å². The SMILES string of the molecule is O=C(Nc1cncc(-c2ccn[nH]2)c1)N1Cc2ccc(O)cc2C1. The van der Waals surface area contributed by atoms with E-state index in [1.54, 1.807) is 35.6 Å². The topological polar surface area (TPSA) is 94.1 Å². The molecule has 1 aliphatic rings. The summed E-state index contributed by atoms with van der Waals surface area (Å²) in [6.45, 7) is 0.998. The molecule has 0 spiro atoms. The molecule has 0 unspecified atom stereocenters. The number of fused-ring (bicyclic) bond motifs is 1. The van der Waals surface area contributed by atoms with Gasteiger partial charge in [0, 0.05) is 31.0 Å². The minimum absolute atomic E-state index is 0.200. The largest absolute Gasteiger partial charge is 0.508 e. The molecule has 0 bridgehead atoms. The Labute approximate surface area is 138 Å². The van der Waals surface area contributed by atoms with Crippen molar-refractivity contribution in [1.29, 1.82) is 0 Å². The third-order valence-corrected chi connectivity index (χ3v) is 4.00. The fraction of sp³-hybridized carbons (Fsp3) is 0.118. The van der Waals surface area contributed by atoms with Gasteiger partial charge in [0.15, 0.2) is 0 Å². The number of phenols is 1. The number of rotatable bonds is 2. The molecule has 3 heterocycles. The van der Waals surface area contributed by atoms with Gasteiger partial charge < -0.3 is 15.3 Å². The first-order valence-corrected chi connectivity index (χ1v) is 7.50. The van der Waals surface area contributed by atoms with E-state index in [0.29, 0.717) is 18.8 Å². The Bertz CT molecular complexity index is 892. The van der Waals surface area contributed by atoms with Gasteiger partial charge in [-0.15, -0.1) is 0 Å². The van der Waals surface area contributed by atoms with Gasteiger partial charge in [-0.25, -0.2) is 4.79 Å². The average Bonchev–Trinajstić information content (AvgIpc) is 3.24. The van der Waals surface area contributed by atoms with Gasteiger partial charge in [0.05, 0.1) is 17.6 Å². The first-order chi connectivity index (χ1) is 11.7. The third kappa shape index (κ3) is 2.67. The van der Waals surface area contributed by atoms with E-state index in [9.17, 15) is 9.90 Å². The van der Waals surface area contributed by atoms with E-state index < -0.39 is 0 Å². The second-order valence-corrected chi connectivity index (χ2v) is 5.67. The summed E-state index contributed by atoms with van der Waals surface area (Å²) in [6.07, 6.45) is 4.97. The van der Waals surface area contributed by atoms with Gasteiger partial charge in [-0.05, 0) is 35.4 Å². The monoisotopic (exact) mass is 321 g/mol. The molecule has 120 valence electrons. The van der Waals surface area contributed by atoms with Crippen molar-refractivity contribution in [2.45, 2.75) is 13.1 Å². The Morgan fingerprint density at radius 3 is 2.88 bits per heavy atom. The zero-order valence-electron chi connectivity index (χ0n) is 12.7. The summed E-state index contributed by atoms with van der Waals surface area (Å²) in [6, 6.07) is 8.66. The van der Waals surface area contributed by atoms with Crippen molar-refractivity contribution in [3.8, 4) is 17.0 Å². The lowest BCUT2D eigenvalue weighted by Crippen LogP contribution is -2.30. The van der Waals surface area contributed by atoms with Crippen molar-refractivity contribution in [3.63, 3.8) is 0 Å². The van der Waals surface area contributed by atoms with Gasteiger partial charge >= 0.3 is 6.03 Å². The molecule has 7 heteroatoms. The van der Waals surface area contributed by atoms with Crippen LogP contribution >= 0.6 is 0 Å². The average molecular weight is 321 g/mol. The normalized spacial score (nSPS) is 12.9. The van der Waals surface area contributed by atoms with E-state index in [1.807, 2.05) is 18.2 Å². The highest BCUT2D eigenvalue weighted by Gasteiger charge is 2.23. The number of carbonyl (C=O) groups is 1. The summed E-state index contributed by atoms with van der Waals surface area (Å²) in [5.74, 6) is 0.215. The van der Waals surface area contributed by atoms with E-state index in [4.69, 9.17) is 0 Å². The molecule has 1 aliphatic heterocycles. The lowest BCUT2D eigenvalue weighted by Gasteiger charge is -2.16. The predicted octanol–water partition coefficient (Wildman–Crippen LogP) is 2.73. The van der Waals surface area contributed by atoms with Crippen LogP contribution in [0.25, 0.3) is 11.3 Å². The molecular weight excluding hydrogens is 306 g/mol. The molecule has 7 nitrogen and oxygen atoms in total. The van der Waals surface area contributed by atoms with Crippen LogP contribution in [-0.2, 0) is 13.1 Å². The Balaban J connectivity index is 1.48. The van der Waals surface area contributed by atoms with E-state index in [1.165, 1.54) is 0 Å². The Kier molecular flexibility index (Phi) is 3.38. The Hall–Kier alpha value is -3.35. The van der Waals surface area contributed by atoms with E-state index in [-0.39, 0.29) is 11.8 Å². The smallest absolute Gasteiger partial charge is 0.322 e. The number of anilines is 1. The maximum Gasteiger partial charge on any atom is 0.322 e. The second-order valence-electron chi connectivity index (χ2n) is 5.67. The summed E-state index contributed by atoms with van der Waals surface area (Å²) in [5.41, 5.74) is 4.32. The lowest BCUT2D eigenvalue weighted by atomic mass is 10.1. The molecule has 0 saturated heterocycles. The van der Waals surface area contributed by atoms with Crippen molar-refractivity contribution >= 4 is 11.7 Å². The first-order valence-electron chi connectivity index (χ1n) is 7.50.